The van der Waals surface area contributed by atoms with E-state index in [1.165, 1.54) is 31.0 Å². The van der Waals surface area contributed by atoms with Crippen molar-refractivity contribution in [3.05, 3.63) is 60.2 Å². The molecule has 2 fully saturated rings. The molecule has 23 heavy (non-hydrogen) atoms. The molecule has 4 heteroatoms. The molecule has 1 aromatic heterocycles. The van der Waals surface area contributed by atoms with E-state index in [0.717, 1.165) is 31.9 Å². The van der Waals surface area contributed by atoms with Crippen LogP contribution < -0.4 is 4.90 Å². The molecule has 0 saturated carbocycles. The number of anilines is 1. The van der Waals surface area contributed by atoms with Crippen molar-refractivity contribution < 1.29 is 4.39 Å². The van der Waals surface area contributed by atoms with Crippen LogP contribution in [-0.4, -0.2) is 36.1 Å². The fraction of sp³-hybridized carbons (Fsp3) is 0.421. The largest absolute Gasteiger partial charge is 0.370 e. The highest BCUT2D eigenvalue weighted by Gasteiger charge is 2.43. The highest BCUT2D eigenvalue weighted by atomic mass is 19.1. The number of likely N-dealkylation sites (tertiary alicyclic amines) is 1. The Labute approximate surface area is 136 Å². The molecule has 1 unspecified atom stereocenters. The Hall–Kier alpha value is -1.94. The summed E-state index contributed by atoms with van der Waals surface area (Å²) in [6.45, 7) is 5.48. The quantitative estimate of drug-likeness (QED) is 0.811. The molecule has 1 aromatic carbocycles. The molecule has 1 spiro atoms. The number of hydrogen-bond acceptors (Lipinski definition) is 3. The minimum absolute atomic E-state index is 0.392. The first-order valence-electron chi connectivity index (χ1n) is 8.35. The Morgan fingerprint density at radius 3 is 2.61 bits per heavy atom. The Balaban J connectivity index is 1.40. The molecular weight excluding hydrogens is 289 g/mol. The van der Waals surface area contributed by atoms with Crippen LogP contribution in [0, 0.1) is 11.4 Å². The maximum absolute atomic E-state index is 13.0. The monoisotopic (exact) mass is 311 g/mol. The minimum Gasteiger partial charge on any atom is -0.370 e. The van der Waals surface area contributed by atoms with Gasteiger partial charge in [0.1, 0.15) is 0 Å². The lowest BCUT2D eigenvalue weighted by atomic mass is 9.86. The minimum atomic E-state index is -0.405. The molecule has 0 radical (unpaired) electrons. The van der Waals surface area contributed by atoms with E-state index in [1.807, 2.05) is 6.07 Å². The zero-order valence-corrected chi connectivity index (χ0v) is 13.3. The molecule has 0 aliphatic carbocycles. The SMILES string of the molecule is Fc1ccc(N2CCC3(CCN(Cc4ccccc4)C3)C2)cn1. The van der Waals surface area contributed by atoms with Crippen molar-refractivity contribution in [3.63, 3.8) is 0 Å². The van der Waals surface area contributed by atoms with Crippen molar-refractivity contribution >= 4 is 5.69 Å². The summed E-state index contributed by atoms with van der Waals surface area (Å²) < 4.78 is 13.0. The summed E-state index contributed by atoms with van der Waals surface area (Å²) in [5, 5.41) is 0. The first-order chi connectivity index (χ1) is 11.2. The smallest absolute Gasteiger partial charge is 0.212 e. The van der Waals surface area contributed by atoms with Crippen molar-refractivity contribution in [1.82, 2.24) is 9.88 Å². The van der Waals surface area contributed by atoms with Gasteiger partial charge >= 0.3 is 0 Å². The topological polar surface area (TPSA) is 19.4 Å². The van der Waals surface area contributed by atoms with Crippen LogP contribution in [0.4, 0.5) is 10.1 Å². The highest BCUT2D eigenvalue weighted by molar-refractivity contribution is 5.45. The predicted octanol–water partition coefficient (Wildman–Crippen LogP) is 3.32. The Morgan fingerprint density at radius 2 is 1.83 bits per heavy atom. The first kappa shape index (κ1) is 14.6. The second-order valence-electron chi connectivity index (χ2n) is 6.96. The summed E-state index contributed by atoms with van der Waals surface area (Å²) in [6.07, 6.45) is 4.13. The van der Waals surface area contributed by atoms with E-state index in [9.17, 15) is 4.39 Å². The van der Waals surface area contributed by atoms with Gasteiger partial charge in [0.25, 0.3) is 0 Å². The van der Waals surface area contributed by atoms with E-state index >= 15 is 0 Å². The number of rotatable bonds is 3. The van der Waals surface area contributed by atoms with Crippen LogP contribution in [0.25, 0.3) is 0 Å². The van der Waals surface area contributed by atoms with Crippen LogP contribution in [0.3, 0.4) is 0 Å². The molecule has 4 rings (SSSR count). The predicted molar refractivity (Wildman–Crippen MR) is 89.8 cm³/mol. The van der Waals surface area contributed by atoms with Gasteiger partial charge in [-0.2, -0.15) is 4.39 Å². The summed E-state index contributed by atoms with van der Waals surface area (Å²) in [4.78, 5) is 8.72. The normalized spacial score (nSPS) is 24.7. The van der Waals surface area contributed by atoms with Gasteiger partial charge in [-0.25, -0.2) is 4.98 Å². The second-order valence-corrected chi connectivity index (χ2v) is 6.96. The van der Waals surface area contributed by atoms with Gasteiger partial charge in [-0.3, -0.25) is 4.90 Å². The van der Waals surface area contributed by atoms with Crippen LogP contribution in [0.5, 0.6) is 0 Å². The molecule has 0 N–H and O–H groups in total. The zero-order chi connectivity index (χ0) is 15.7. The van der Waals surface area contributed by atoms with E-state index < -0.39 is 5.95 Å². The summed E-state index contributed by atoms with van der Waals surface area (Å²) in [7, 11) is 0. The number of nitrogens with zero attached hydrogens (tertiary/aromatic N) is 3. The molecule has 2 aromatic rings. The van der Waals surface area contributed by atoms with Gasteiger partial charge in [-0.05, 0) is 37.1 Å². The highest BCUT2D eigenvalue weighted by Crippen LogP contribution is 2.41. The maximum Gasteiger partial charge on any atom is 0.212 e. The van der Waals surface area contributed by atoms with Gasteiger partial charge in [0.15, 0.2) is 0 Å². The third-order valence-electron chi connectivity index (χ3n) is 5.28. The lowest BCUT2D eigenvalue weighted by Gasteiger charge is -2.25. The van der Waals surface area contributed by atoms with Gasteiger partial charge in [0.2, 0.25) is 5.95 Å². The van der Waals surface area contributed by atoms with Crippen LogP contribution in [0.1, 0.15) is 18.4 Å². The number of hydrogen-bond donors (Lipinski definition) is 0. The summed E-state index contributed by atoms with van der Waals surface area (Å²) in [5.74, 6) is -0.405. The van der Waals surface area contributed by atoms with Crippen LogP contribution in [-0.2, 0) is 6.54 Å². The van der Waals surface area contributed by atoms with Gasteiger partial charge in [-0.1, -0.05) is 30.3 Å². The summed E-state index contributed by atoms with van der Waals surface area (Å²) >= 11 is 0. The number of benzene rings is 1. The van der Waals surface area contributed by atoms with Crippen molar-refractivity contribution in [2.75, 3.05) is 31.1 Å². The van der Waals surface area contributed by atoms with Crippen LogP contribution in [0.2, 0.25) is 0 Å². The fourth-order valence-corrected chi connectivity index (χ4v) is 4.05. The average molecular weight is 311 g/mol. The van der Waals surface area contributed by atoms with E-state index in [2.05, 4.69) is 45.1 Å². The van der Waals surface area contributed by atoms with E-state index in [4.69, 9.17) is 0 Å². The molecule has 0 bridgehead atoms. The second kappa shape index (κ2) is 5.93. The Kier molecular flexibility index (Phi) is 3.77. The van der Waals surface area contributed by atoms with E-state index in [0.29, 0.717) is 5.41 Å². The molecule has 1 atom stereocenters. The van der Waals surface area contributed by atoms with Gasteiger partial charge in [0.05, 0.1) is 11.9 Å². The van der Waals surface area contributed by atoms with Gasteiger partial charge in [0, 0.05) is 31.6 Å². The maximum atomic E-state index is 13.0. The van der Waals surface area contributed by atoms with Gasteiger partial charge in [-0.15, -0.1) is 0 Å². The van der Waals surface area contributed by atoms with E-state index in [-0.39, 0.29) is 0 Å². The van der Waals surface area contributed by atoms with Crippen molar-refractivity contribution in [3.8, 4) is 0 Å². The third-order valence-corrected chi connectivity index (χ3v) is 5.28. The zero-order valence-electron chi connectivity index (χ0n) is 13.3. The first-order valence-corrected chi connectivity index (χ1v) is 8.35. The fourth-order valence-electron chi connectivity index (χ4n) is 4.05. The lowest BCUT2D eigenvalue weighted by molar-refractivity contribution is 0.270. The number of halogens is 1. The molecule has 2 aliphatic heterocycles. The molecule has 3 heterocycles. The Bertz CT molecular complexity index is 658. The molecule has 3 nitrogen and oxygen atoms in total. The third kappa shape index (κ3) is 3.08. The van der Waals surface area contributed by atoms with Crippen molar-refractivity contribution in [2.45, 2.75) is 19.4 Å². The average Bonchev–Trinajstić information content (AvgIpc) is 3.16. The van der Waals surface area contributed by atoms with Crippen LogP contribution in [0.15, 0.2) is 48.7 Å². The van der Waals surface area contributed by atoms with Crippen molar-refractivity contribution in [2.24, 2.45) is 5.41 Å². The number of aromatic nitrogens is 1. The van der Waals surface area contributed by atoms with Crippen LogP contribution >= 0.6 is 0 Å². The Morgan fingerprint density at radius 1 is 1.00 bits per heavy atom. The lowest BCUT2D eigenvalue weighted by Crippen LogP contribution is -2.30. The van der Waals surface area contributed by atoms with E-state index in [1.54, 1.807) is 6.20 Å². The number of pyridine rings is 1. The molecular formula is C19H22FN3. The molecule has 0 amide bonds. The molecule has 2 aliphatic rings. The summed E-state index contributed by atoms with van der Waals surface area (Å²) in [6, 6.07) is 14.0. The summed E-state index contributed by atoms with van der Waals surface area (Å²) in [5.41, 5.74) is 2.83. The molecule has 120 valence electrons. The standard InChI is InChI=1S/C19H22FN3/c20-18-7-6-17(12-21-18)23-11-9-19(15-23)8-10-22(14-19)13-16-4-2-1-3-5-16/h1-7,12H,8-11,13-15H2. The molecule has 2 saturated heterocycles. The van der Waals surface area contributed by atoms with Crippen molar-refractivity contribution in [1.29, 1.82) is 0 Å². The van der Waals surface area contributed by atoms with Gasteiger partial charge < -0.3 is 4.90 Å².